The van der Waals surface area contributed by atoms with Crippen molar-refractivity contribution < 1.29 is 17.9 Å². The molecular formula is C26H29N3O4S. The predicted molar refractivity (Wildman–Crippen MR) is 134 cm³/mol. The lowest BCUT2D eigenvalue weighted by Crippen LogP contribution is -2.27. The Bertz CT molecular complexity index is 1250. The van der Waals surface area contributed by atoms with E-state index < -0.39 is 10.0 Å². The van der Waals surface area contributed by atoms with E-state index in [-0.39, 0.29) is 16.4 Å². The highest BCUT2D eigenvalue weighted by Crippen LogP contribution is 2.25. The first-order chi connectivity index (χ1) is 16.4. The van der Waals surface area contributed by atoms with Crippen LogP contribution in [-0.2, 0) is 16.6 Å². The van der Waals surface area contributed by atoms with Crippen LogP contribution < -0.4 is 14.4 Å². The molecule has 1 aliphatic heterocycles. The van der Waals surface area contributed by atoms with E-state index in [0.29, 0.717) is 11.4 Å². The maximum Gasteiger partial charge on any atom is 0.264 e. The van der Waals surface area contributed by atoms with Crippen molar-refractivity contribution >= 4 is 27.3 Å². The number of nitrogens with zero attached hydrogens (tertiary/aromatic N) is 2. The molecule has 0 aromatic heterocycles. The second-order valence-electron chi connectivity index (χ2n) is 8.29. The maximum absolute atomic E-state index is 13.2. The van der Waals surface area contributed by atoms with E-state index in [9.17, 15) is 13.2 Å². The van der Waals surface area contributed by atoms with E-state index in [0.717, 1.165) is 30.9 Å². The quantitative estimate of drug-likeness (QED) is 0.519. The van der Waals surface area contributed by atoms with Gasteiger partial charge in [-0.15, -0.1) is 0 Å². The van der Waals surface area contributed by atoms with Crippen LogP contribution >= 0.6 is 0 Å². The minimum absolute atomic E-state index is 0.0452. The highest BCUT2D eigenvalue weighted by Gasteiger charge is 2.23. The summed E-state index contributed by atoms with van der Waals surface area (Å²) in [6.45, 7) is 2.89. The summed E-state index contributed by atoms with van der Waals surface area (Å²) in [5.41, 5.74) is 2.55. The van der Waals surface area contributed by atoms with Crippen LogP contribution in [0.25, 0.3) is 0 Å². The molecule has 8 heteroatoms. The molecule has 0 aliphatic carbocycles. The molecule has 1 aliphatic rings. The van der Waals surface area contributed by atoms with Gasteiger partial charge >= 0.3 is 0 Å². The van der Waals surface area contributed by atoms with Crippen molar-refractivity contribution in [3.63, 3.8) is 0 Å². The fraction of sp³-hybridized carbons (Fsp3) is 0.269. The van der Waals surface area contributed by atoms with Gasteiger partial charge < -0.3 is 10.1 Å². The van der Waals surface area contributed by atoms with Gasteiger partial charge in [-0.25, -0.2) is 8.42 Å². The number of carbonyl (C=O) groups is 1. The van der Waals surface area contributed by atoms with Gasteiger partial charge in [0.2, 0.25) is 0 Å². The Labute approximate surface area is 201 Å². The molecule has 1 heterocycles. The molecule has 0 atom stereocenters. The summed E-state index contributed by atoms with van der Waals surface area (Å²) in [5.74, 6) is 0.288. The largest absolute Gasteiger partial charge is 0.497 e. The molecule has 7 nitrogen and oxygen atoms in total. The molecule has 3 aromatic carbocycles. The highest BCUT2D eigenvalue weighted by atomic mass is 32.2. The molecule has 3 aromatic rings. The average molecular weight is 480 g/mol. The summed E-state index contributed by atoms with van der Waals surface area (Å²) in [5, 5.41) is 2.97. The van der Waals surface area contributed by atoms with Crippen molar-refractivity contribution in [2.45, 2.75) is 24.3 Å². The first-order valence-corrected chi connectivity index (χ1v) is 12.7. The number of hydrogen-bond acceptors (Lipinski definition) is 5. The summed E-state index contributed by atoms with van der Waals surface area (Å²) in [7, 11) is -0.822. The number of para-hydroxylation sites is 1. The normalized spacial score (nSPS) is 14.1. The third kappa shape index (κ3) is 5.24. The molecule has 0 radical (unpaired) electrons. The number of carbonyl (C=O) groups excluding carboxylic acids is 1. The van der Waals surface area contributed by atoms with Gasteiger partial charge in [-0.05, 0) is 80.0 Å². The number of sulfonamides is 1. The maximum atomic E-state index is 13.2. The number of rotatable bonds is 8. The number of amides is 1. The summed E-state index contributed by atoms with van der Waals surface area (Å²) in [6.07, 6.45) is 2.39. The van der Waals surface area contributed by atoms with Crippen molar-refractivity contribution in [3.05, 3.63) is 83.9 Å². The third-order valence-corrected chi connectivity index (χ3v) is 7.83. The van der Waals surface area contributed by atoms with E-state index in [1.807, 2.05) is 24.3 Å². The Morgan fingerprint density at radius 1 is 1.00 bits per heavy atom. The molecule has 0 bridgehead atoms. The minimum Gasteiger partial charge on any atom is -0.497 e. The summed E-state index contributed by atoms with van der Waals surface area (Å²) < 4.78 is 32.8. The van der Waals surface area contributed by atoms with E-state index in [2.05, 4.69) is 10.2 Å². The Morgan fingerprint density at radius 3 is 2.41 bits per heavy atom. The molecule has 0 unspecified atom stereocenters. The smallest absolute Gasteiger partial charge is 0.264 e. The summed E-state index contributed by atoms with van der Waals surface area (Å²) in [6, 6.07) is 20.6. The number of hydrogen-bond donors (Lipinski definition) is 1. The molecule has 178 valence electrons. The van der Waals surface area contributed by atoms with Crippen molar-refractivity contribution in [1.29, 1.82) is 0 Å². The number of anilines is 2. The number of nitrogens with one attached hydrogen (secondary N) is 1. The first kappa shape index (κ1) is 23.8. The number of likely N-dealkylation sites (tertiary alicyclic amines) is 1. The zero-order valence-corrected chi connectivity index (χ0v) is 20.2. The van der Waals surface area contributed by atoms with Gasteiger partial charge in [-0.3, -0.25) is 14.0 Å². The highest BCUT2D eigenvalue weighted by molar-refractivity contribution is 7.92. The second-order valence-corrected chi connectivity index (χ2v) is 10.3. The summed E-state index contributed by atoms with van der Waals surface area (Å²) >= 11 is 0. The Balaban J connectivity index is 1.53. The monoisotopic (exact) mass is 479 g/mol. The minimum atomic E-state index is -3.86. The van der Waals surface area contributed by atoms with Crippen LogP contribution in [0.1, 0.15) is 28.8 Å². The van der Waals surface area contributed by atoms with Gasteiger partial charge in [-0.1, -0.05) is 24.3 Å². The van der Waals surface area contributed by atoms with Crippen LogP contribution in [0.3, 0.4) is 0 Å². The zero-order chi connectivity index (χ0) is 24.1. The fourth-order valence-corrected chi connectivity index (χ4v) is 5.28. The molecule has 1 amide bonds. The lowest BCUT2D eigenvalue weighted by atomic mass is 10.1. The number of methoxy groups -OCH3 is 1. The predicted octanol–water partition coefficient (Wildman–Crippen LogP) is 4.37. The number of benzene rings is 3. The molecule has 34 heavy (non-hydrogen) atoms. The molecule has 0 spiro atoms. The molecular weight excluding hydrogens is 450 g/mol. The van der Waals surface area contributed by atoms with Crippen LogP contribution in [-0.4, -0.2) is 46.5 Å². The first-order valence-electron chi connectivity index (χ1n) is 11.2. The Hall–Kier alpha value is -3.36. The van der Waals surface area contributed by atoms with E-state index in [1.165, 1.54) is 36.3 Å². The van der Waals surface area contributed by atoms with Gasteiger partial charge in [0, 0.05) is 24.8 Å². The number of ether oxygens (including phenoxy) is 1. The Kier molecular flexibility index (Phi) is 7.19. The zero-order valence-electron chi connectivity index (χ0n) is 19.4. The molecule has 4 rings (SSSR count). The van der Waals surface area contributed by atoms with Crippen molar-refractivity contribution in [2.24, 2.45) is 0 Å². The topological polar surface area (TPSA) is 78.9 Å². The third-order valence-electron chi connectivity index (χ3n) is 6.05. The van der Waals surface area contributed by atoms with Gasteiger partial charge in [0.15, 0.2) is 0 Å². The van der Waals surface area contributed by atoms with E-state index in [4.69, 9.17) is 4.74 Å². The van der Waals surface area contributed by atoms with Crippen LogP contribution in [0.15, 0.2) is 77.7 Å². The van der Waals surface area contributed by atoms with Gasteiger partial charge in [0.1, 0.15) is 5.75 Å². The van der Waals surface area contributed by atoms with Gasteiger partial charge in [0.25, 0.3) is 15.9 Å². The van der Waals surface area contributed by atoms with Crippen molar-refractivity contribution in [1.82, 2.24) is 4.90 Å². The van der Waals surface area contributed by atoms with Crippen LogP contribution in [0.4, 0.5) is 11.4 Å². The fourth-order valence-electron chi connectivity index (χ4n) is 4.04. The van der Waals surface area contributed by atoms with Gasteiger partial charge in [-0.2, -0.15) is 0 Å². The second kappa shape index (κ2) is 10.3. The Morgan fingerprint density at radius 2 is 1.71 bits per heavy atom. The lowest BCUT2D eigenvalue weighted by molar-refractivity contribution is 0.102. The molecule has 1 N–H and O–H groups in total. The van der Waals surface area contributed by atoms with Crippen LogP contribution in [0, 0.1) is 0 Å². The van der Waals surface area contributed by atoms with Crippen molar-refractivity contribution in [3.8, 4) is 5.75 Å². The summed E-state index contributed by atoms with van der Waals surface area (Å²) in [4.78, 5) is 15.5. The van der Waals surface area contributed by atoms with Crippen LogP contribution in [0.2, 0.25) is 0 Å². The molecule has 1 fully saturated rings. The van der Waals surface area contributed by atoms with Crippen LogP contribution in [0.5, 0.6) is 5.75 Å². The average Bonchev–Trinajstić information content (AvgIpc) is 3.38. The van der Waals surface area contributed by atoms with E-state index >= 15 is 0 Å². The van der Waals surface area contributed by atoms with E-state index in [1.54, 1.807) is 43.5 Å². The van der Waals surface area contributed by atoms with Crippen molar-refractivity contribution in [2.75, 3.05) is 36.9 Å². The SMILES string of the molecule is COc1ccc(N(C)S(=O)(=O)c2cccc(C(=O)Nc3ccccc3CN3CCCC3)c2)cc1. The molecule has 0 saturated carbocycles. The molecule has 1 saturated heterocycles. The standard InChI is InChI=1S/C26H29N3O4S/c1-28(22-12-14-23(33-2)15-13-22)34(31,32)24-10-7-9-20(18-24)26(30)27-25-11-4-3-8-21(25)19-29-16-5-6-17-29/h3-4,7-15,18H,5-6,16-17,19H2,1-2H3,(H,27,30). The van der Waals surface area contributed by atoms with Gasteiger partial charge in [0.05, 0.1) is 17.7 Å². The lowest BCUT2D eigenvalue weighted by Gasteiger charge is -2.20.